The van der Waals surface area contributed by atoms with Crippen molar-refractivity contribution in [3.63, 3.8) is 0 Å². The molecule has 1 aliphatic heterocycles. The molecule has 110 valence electrons. The summed E-state index contributed by atoms with van der Waals surface area (Å²) >= 11 is 0. The van der Waals surface area contributed by atoms with E-state index in [1.54, 1.807) is 29.4 Å². The molecule has 1 saturated heterocycles. The molecule has 2 aromatic rings. The number of piperazine rings is 1. The van der Waals surface area contributed by atoms with Gasteiger partial charge in [0.1, 0.15) is 0 Å². The van der Waals surface area contributed by atoms with E-state index < -0.39 is 11.8 Å². The Bertz CT molecular complexity index is 673. The molecule has 7 heteroatoms. The molecule has 7 nitrogen and oxygen atoms in total. The number of anilines is 1. The smallest absolute Gasteiger partial charge is 0.313 e. The molecule has 3 rings (SSSR count). The first-order chi connectivity index (χ1) is 10.1. The van der Waals surface area contributed by atoms with Crippen molar-refractivity contribution in [3.05, 3.63) is 24.5 Å². The normalized spacial score (nSPS) is 16.1. The van der Waals surface area contributed by atoms with Gasteiger partial charge >= 0.3 is 11.8 Å². The lowest BCUT2D eigenvalue weighted by molar-refractivity contribution is -0.144. The van der Waals surface area contributed by atoms with Gasteiger partial charge in [-0.1, -0.05) is 0 Å². The maximum atomic E-state index is 12.1. The largest absolute Gasteiger partial charge is 0.345 e. The lowest BCUT2D eigenvalue weighted by atomic mass is 10.2. The average Bonchev–Trinajstić information content (AvgIpc) is 2.95. The molecule has 2 heterocycles. The Hall–Kier alpha value is -2.41. The lowest BCUT2D eigenvalue weighted by Crippen LogP contribution is -2.50. The zero-order valence-electron chi connectivity index (χ0n) is 11.8. The van der Waals surface area contributed by atoms with Crippen molar-refractivity contribution in [2.75, 3.05) is 38.5 Å². The molecule has 21 heavy (non-hydrogen) atoms. The van der Waals surface area contributed by atoms with Gasteiger partial charge in [0.2, 0.25) is 0 Å². The molecule has 1 aliphatic rings. The molecule has 1 fully saturated rings. The third-order valence-electron chi connectivity index (χ3n) is 3.66. The number of fused-ring (bicyclic) bond motifs is 1. The number of carbonyl (C=O) groups is 2. The van der Waals surface area contributed by atoms with Crippen molar-refractivity contribution in [1.29, 1.82) is 0 Å². The molecular formula is C14H17N5O2. The summed E-state index contributed by atoms with van der Waals surface area (Å²) in [7, 11) is 2.00. The minimum Gasteiger partial charge on any atom is -0.345 e. The van der Waals surface area contributed by atoms with E-state index >= 15 is 0 Å². The SMILES string of the molecule is CN1CCN(C(=O)C(=O)Nc2ccc3nc[nH]c3c2)CC1. The van der Waals surface area contributed by atoms with E-state index in [9.17, 15) is 9.59 Å². The van der Waals surface area contributed by atoms with Gasteiger partial charge in [-0.2, -0.15) is 0 Å². The maximum Gasteiger partial charge on any atom is 0.313 e. The van der Waals surface area contributed by atoms with Crippen LogP contribution in [0.2, 0.25) is 0 Å². The number of imidazole rings is 1. The Morgan fingerprint density at radius 1 is 1.24 bits per heavy atom. The molecule has 0 atom stereocenters. The molecule has 2 N–H and O–H groups in total. The molecule has 0 unspecified atom stereocenters. The van der Waals surface area contributed by atoms with Gasteiger partial charge in [0, 0.05) is 31.9 Å². The van der Waals surface area contributed by atoms with Crippen LogP contribution in [0.4, 0.5) is 5.69 Å². The van der Waals surface area contributed by atoms with Crippen LogP contribution in [0, 0.1) is 0 Å². The quantitative estimate of drug-likeness (QED) is 0.738. The van der Waals surface area contributed by atoms with Crippen LogP contribution >= 0.6 is 0 Å². The summed E-state index contributed by atoms with van der Waals surface area (Å²) in [5, 5.41) is 2.64. The van der Waals surface area contributed by atoms with Crippen molar-refractivity contribution in [2.45, 2.75) is 0 Å². The Kier molecular flexibility index (Phi) is 3.57. The number of benzene rings is 1. The van der Waals surface area contributed by atoms with Crippen LogP contribution in [0.15, 0.2) is 24.5 Å². The number of H-pyrrole nitrogens is 1. The van der Waals surface area contributed by atoms with E-state index in [0.717, 1.165) is 24.1 Å². The van der Waals surface area contributed by atoms with E-state index in [2.05, 4.69) is 20.2 Å². The van der Waals surface area contributed by atoms with Crippen molar-refractivity contribution in [1.82, 2.24) is 19.8 Å². The summed E-state index contributed by atoms with van der Waals surface area (Å²) in [6.07, 6.45) is 1.59. The Balaban J connectivity index is 1.66. The highest BCUT2D eigenvalue weighted by atomic mass is 16.2. The predicted octanol–water partition coefficient (Wildman–Crippen LogP) is 0.275. The second-order valence-corrected chi connectivity index (χ2v) is 5.18. The highest BCUT2D eigenvalue weighted by Gasteiger charge is 2.24. The molecule has 0 saturated carbocycles. The van der Waals surface area contributed by atoms with Gasteiger partial charge in [-0.3, -0.25) is 9.59 Å². The molecule has 0 bridgehead atoms. The fraction of sp³-hybridized carbons (Fsp3) is 0.357. The zero-order valence-corrected chi connectivity index (χ0v) is 11.8. The molecule has 1 aromatic heterocycles. The Morgan fingerprint density at radius 3 is 2.76 bits per heavy atom. The summed E-state index contributed by atoms with van der Waals surface area (Å²) in [5.41, 5.74) is 2.22. The van der Waals surface area contributed by atoms with Crippen LogP contribution in [0.3, 0.4) is 0 Å². The first kappa shape index (κ1) is 13.6. The number of carbonyl (C=O) groups excluding carboxylic acids is 2. The van der Waals surface area contributed by atoms with Crippen LogP contribution in [0.25, 0.3) is 11.0 Å². The summed E-state index contributed by atoms with van der Waals surface area (Å²) < 4.78 is 0. The van der Waals surface area contributed by atoms with Crippen LogP contribution in [0.5, 0.6) is 0 Å². The van der Waals surface area contributed by atoms with Crippen molar-refractivity contribution >= 4 is 28.5 Å². The van der Waals surface area contributed by atoms with E-state index in [4.69, 9.17) is 0 Å². The number of aromatic nitrogens is 2. The molecule has 0 spiro atoms. The molecule has 0 radical (unpaired) electrons. The summed E-state index contributed by atoms with van der Waals surface area (Å²) in [6, 6.07) is 5.29. The first-order valence-corrected chi connectivity index (χ1v) is 6.85. The highest BCUT2D eigenvalue weighted by molar-refractivity contribution is 6.39. The van der Waals surface area contributed by atoms with Gasteiger partial charge in [-0.15, -0.1) is 0 Å². The number of aromatic amines is 1. The van der Waals surface area contributed by atoms with Gasteiger partial charge < -0.3 is 20.1 Å². The van der Waals surface area contributed by atoms with E-state index in [1.165, 1.54) is 0 Å². The van der Waals surface area contributed by atoms with Gasteiger partial charge in [-0.05, 0) is 25.2 Å². The average molecular weight is 287 g/mol. The Labute approximate surface area is 121 Å². The van der Waals surface area contributed by atoms with Gasteiger partial charge in [0.25, 0.3) is 0 Å². The minimum absolute atomic E-state index is 0.479. The number of amides is 2. The van der Waals surface area contributed by atoms with Crippen LogP contribution < -0.4 is 5.32 Å². The van der Waals surface area contributed by atoms with Crippen molar-refractivity contribution in [2.24, 2.45) is 0 Å². The van der Waals surface area contributed by atoms with E-state index in [0.29, 0.717) is 18.8 Å². The molecule has 1 aromatic carbocycles. The topological polar surface area (TPSA) is 81.3 Å². The number of hydrogen-bond acceptors (Lipinski definition) is 4. The predicted molar refractivity (Wildman–Crippen MR) is 78.8 cm³/mol. The fourth-order valence-electron chi connectivity index (χ4n) is 2.35. The molecule has 2 amide bonds. The van der Waals surface area contributed by atoms with Gasteiger partial charge in [0.15, 0.2) is 0 Å². The van der Waals surface area contributed by atoms with Crippen molar-refractivity contribution in [3.8, 4) is 0 Å². The Morgan fingerprint density at radius 2 is 2.00 bits per heavy atom. The third-order valence-corrected chi connectivity index (χ3v) is 3.66. The van der Waals surface area contributed by atoms with Crippen LogP contribution in [0.1, 0.15) is 0 Å². The summed E-state index contributed by atoms with van der Waals surface area (Å²) in [5.74, 6) is -1.08. The van der Waals surface area contributed by atoms with Gasteiger partial charge in [-0.25, -0.2) is 4.98 Å². The highest BCUT2D eigenvalue weighted by Crippen LogP contribution is 2.15. The standard InChI is InChI=1S/C14H17N5O2/c1-18-4-6-19(7-5-18)14(21)13(20)17-10-2-3-11-12(8-10)16-9-15-11/h2-3,8-9H,4-7H2,1H3,(H,15,16)(H,17,20). The van der Waals surface area contributed by atoms with Crippen molar-refractivity contribution < 1.29 is 9.59 Å². The van der Waals surface area contributed by atoms with Crippen LogP contribution in [-0.2, 0) is 9.59 Å². The van der Waals surface area contributed by atoms with Gasteiger partial charge in [0.05, 0.1) is 17.4 Å². The number of likely N-dealkylation sites (N-methyl/N-ethyl adjacent to an activating group) is 1. The molecular weight excluding hydrogens is 270 g/mol. The number of hydrogen-bond donors (Lipinski definition) is 2. The summed E-state index contributed by atoms with van der Waals surface area (Å²) in [4.78, 5) is 34.9. The minimum atomic E-state index is -0.599. The maximum absolute atomic E-state index is 12.1. The monoisotopic (exact) mass is 287 g/mol. The summed E-state index contributed by atoms with van der Waals surface area (Å²) in [6.45, 7) is 2.75. The van der Waals surface area contributed by atoms with E-state index in [-0.39, 0.29) is 0 Å². The lowest BCUT2D eigenvalue weighted by Gasteiger charge is -2.31. The second kappa shape index (κ2) is 5.53. The molecule has 0 aliphatic carbocycles. The van der Waals surface area contributed by atoms with Crippen LogP contribution in [-0.4, -0.2) is 64.8 Å². The van der Waals surface area contributed by atoms with E-state index in [1.807, 2.05) is 7.05 Å². The first-order valence-electron chi connectivity index (χ1n) is 6.85. The number of nitrogens with one attached hydrogen (secondary N) is 2. The number of nitrogens with zero attached hydrogens (tertiary/aromatic N) is 3. The second-order valence-electron chi connectivity index (χ2n) is 5.18. The fourth-order valence-corrected chi connectivity index (χ4v) is 2.35. The zero-order chi connectivity index (χ0) is 14.8. The third kappa shape index (κ3) is 2.87. The number of rotatable bonds is 1.